The predicted molar refractivity (Wildman–Crippen MR) is 44.1 cm³/mol. The molecule has 0 radical (unpaired) electrons. The molecule has 0 aliphatic rings. The van der Waals surface area contributed by atoms with Gasteiger partial charge in [0.15, 0.2) is 3.77 Å². The predicted octanol–water partition coefficient (Wildman–Crippen LogP) is 2.49. The molecule has 0 atom stereocenters. The average molecular weight is 320 g/mol. The van der Waals surface area contributed by atoms with Crippen LogP contribution in [0.1, 0.15) is 0 Å². The van der Waals surface area contributed by atoms with Gasteiger partial charge in [-0.2, -0.15) is 0 Å². The summed E-state index contributed by atoms with van der Waals surface area (Å²) in [6, 6.07) is 1.97. The first-order chi connectivity index (χ1) is 3.29. The Morgan fingerprint density at radius 1 is 1.43 bits per heavy atom. The minimum atomic E-state index is 0.946. The molecule has 1 heterocycles. The van der Waals surface area contributed by atoms with Crippen LogP contribution in [-0.2, 0) is 0 Å². The largest absolute Gasteiger partial charge is 0.458 e. The lowest BCUT2D eigenvalue weighted by atomic mass is 10.7. The van der Waals surface area contributed by atoms with Crippen molar-refractivity contribution in [2.45, 2.75) is 0 Å². The van der Waals surface area contributed by atoms with Crippen LogP contribution in [0.25, 0.3) is 0 Å². The van der Waals surface area contributed by atoms with E-state index in [2.05, 4.69) is 45.2 Å². The van der Waals surface area contributed by atoms with Crippen LogP contribution < -0.4 is 0 Å². The Kier molecular flexibility index (Phi) is 1.96. The molecule has 0 bridgehead atoms. The Balaban J connectivity index is 3.04. The van der Waals surface area contributed by atoms with Gasteiger partial charge in [-0.3, -0.25) is 0 Å². The van der Waals surface area contributed by atoms with Crippen molar-refractivity contribution >= 4 is 45.2 Å². The first-order valence-electron chi connectivity index (χ1n) is 1.68. The van der Waals surface area contributed by atoms with E-state index in [1.165, 1.54) is 0 Å². The maximum Gasteiger partial charge on any atom is 0.164 e. The van der Waals surface area contributed by atoms with E-state index >= 15 is 0 Å². The second kappa shape index (κ2) is 2.34. The van der Waals surface area contributed by atoms with Crippen molar-refractivity contribution in [2.75, 3.05) is 0 Å². The molecule has 0 aliphatic carbocycles. The summed E-state index contributed by atoms with van der Waals surface area (Å²) in [4.78, 5) is 0. The van der Waals surface area contributed by atoms with Gasteiger partial charge in [-0.25, -0.2) is 0 Å². The van der Waals surface area contributed by atoms with Crippen LogP contribution >= 0.6 is 45.2 Å². The second-order valence-electron chi connectivity index (χ2n) is 1.07. The Bertz CT molecular complexity index is 142. The van der Waals surface area contributed by atoms with Crippen LogP contribution in [0.15, 0.2) is 16.7 Å². The molecule has 0 N–H and O–H groups in total. The summed E-state index contributed by atoms with van der Waals surface area (Å²) in [7, 11) is 0. The zero-order chi connectivity index (χ0) is 5.28. The molecular weight excluding hydrogens is 318 g/mol. The SMILES string of the molecule is Ic1coc(I)c1. The average Bonchev–Trinajstić information content (AvgIpc) is 1.87. The lowest BCUT2D eigenvalue weighted by Crippen LogP contribution is -1.50. The summed E-state index contributed by atoms with van der Waals surface area (Å²) in [6.45, 7) is 0. The third-order valence-corrected chi connectivity index (χ3v) is 1.67. The molecule has 0 unspecified atom stereocenters. The maximum atomic E-state index is 4.94. The van der Waals surface area contributed by atoms with Crippen LogP contribution in [0.2, 0.25) is 0 Å². The second-order valence-corrected chi connectivity index (χ2v) is 3.38. The smallest absolute Gasteiger partial charge is 0.164 e. The monoisotopic (exact) mass is 320 g/mol. The van der Waals surface area contributed by atoms with E-state index in [1.54, 1.807) is 6.26 Å². The van der Waals surface area contributed by atoms with Crippen LogP contribution in [0.5, 0.6) is 0 Å². The highest BCUT2D eigenvalue weighted by Crippen LogP contribution is 2.10. The fourth-order valence-corrected chi connectivity index (χ4v) is 1.76. The molecule has 0 saturated carbocycles. The first-order valence-corrected chi connectivity index (χ1v) is 3.84. The lowest BCUT2D eigenvalue weighted by molar-refractivity contribution is 0.537. The zero-order valence-corrected chi connectivity index (χ0v) is 7.63. The summed E-state index contributed by atoms with van der Waals surface area (Å²) in [5.74, 6) is 0. The van der Waals surface area contributed by atoms with Crippen molar-refractivity contribution in [1.82, 2.24) is 0 Å². The van der Waals surface area contributed by atoms with Crippen LogP contribution in [0.4, 0.5) is 0 Å². The molecule has 38 valence electrons. The molecule has 0 amide bonds. The number of rotatable bonds is 0. The third-order valence-electron chi connectivity index (χ3n) is 0.535. The van der Waals surface area contributed by atoms with Gasteiger partial charge in [0, 0.05) is 6.07 Å². The van der Waals surface area contributed by atoms with E-state index in [0.717, 1.165) is 7.34 Å². The lowest BCUT2D eigenvalue weighted by Gasteiger charge is -1.66. The van der Waals surface area contributed by atoms with E-state index < -0.39 is 0 Å². The number of furan rings is 1. The summed E-state index contributed by atoms with van der Waals surface area (Å²) < 4.78 is 7.04. The summed E-state index contributed by atoms with van der Waals surface area (Å²) in [5.41, 5.74) is 0. The summed E-state index contributed by atoms with van der Waals surface area (Å²) in [5, 5.41) is 0. The topological polar surface area (TPSA) is 13.1 Å². The van der Waals surface area contributed by atoms with E-state index in [-0.39, 0.29) is 0 Å². The van der Waals surface area contributed by atoms with Crippen LogP contribution in [0, 0.1) is 7.34 Å². The van der Waals surface area contributed by atoms with Crippen molar-refractivity contribution < 1.29 is 4.42 Å². The molecule has 1 rings (SSSR count). The van der Waals surface area contributed by atoms with Gasteiger partial charge in [-0.15, -0.1) is 0 Å². The Morgan fingerprint density at radius 3 is 2.29 bits per heavy atom. The molecule has 0 aliphatic heterocycles. The van der Waals surface area contributed by atoms with Crippen molar-refractivity contribution in [3.63, 3.8) is 0 Å². The third kappa shape index (κ3) is 1.60. The molecule has 7 heavy (non-hydrogen) atoms. The van der Waals surface area contributed by atoms with Crippen LogP contribution in [0.3, 0.4) is 0 Å². The highest BCUT2D eigenvalue weighted by Gasteiger charge is 1.89. The van der Waals surface area contributed by atoms with Gasteiger partial charge in [-0.1, -0.05) is 0 Å². The zero-order valence-electron chi connectivity index (χ0n) is 3.32. The summed E-state index contributed by atoms with van der Waals surface area (Å²) >= 11 is 4.33. The fraction of sp³-hybridized carbons (Fsp3) is 0. The maximum absolute atomic E-state index is 4.94. The molecule has 0 spiro atoms. The minimum absolute atomic E-state index is 0.946. The van der Waals surface area contributed by atoms with Crippen molar-refractivity contribution in [3.8, 4) is 0 Å². The molecule has 0 aromatic carbocycles. The Labute approximate surface area is 68.7 Å². The normalized spacial score (nSPS) is 9.43. The van der Waals surface area contributed by atoms with Gasteiger partial charge < -0.3 is 4.42 Å². The quantitative estimate of drug-likeness (QED) is 0.670. The summed E-state index contributed by atoms with van der Waals surface area (Å²) in [6.07, 6.45) is 1.72. The highest BCUT2D eigenvalue weighted by atomic mass is 127. The van der Waals surface area contributed by atoms with Gasteiger partial charge >= 0.3 is 0 Å². The molecule has 1 aromatic rings. The first kappa shape index (κ1) is 5.87. The molecular formula is C4H2I2O. The Hall–Kier alpha value is 0.740. The van der Waals surface area contributed by atoms with Gasteiger partial charge in [0.2, 0.25) is 0 Å². The standard InChI is InChI=1S/C4H2I2O/c5-3-1-4(6)7-2-3/h1-2H. The molecule has 1 nitrogen and oxygen atoms in total. The van der Waals surface area contributed by atoms with Gasteiger partial charge in [0.05, 0.1) is 3.57 Å². The van der Waals surface area contributed by atoms with Crippen molar-refractivity contribution in [2.24, 2.45) is 0 Å². The van der Waals surface area contributed by atoms with Gasteiger partial charge in [0.25, 0.3) is 0 Å². The van der Waals surface area contributed by atoms with E-state index in [0.29, 0.717) is 0 Å². The molecule has 0 saturated heterocycles. The van der Waals surface area contributed by atoms with E-state index in [1.807, 2.05) is 6.07 Å². The Morgan fingerprint density at radius 2 is 2.14 bits per heavy atom. The number of hydrogen-bond donors (Lipinski definition) is 0. The highest BCUT2D eigenvalue weighted by molar-refractivity contribution is 14.1. The van der Waals surface area contributed by atoms with Crippen molar-refractivity contribution in [1.29, 1.82) is 0 Å². The van der Waals surface area contributed by atoms with Crippen LogP contribution in [-0.4, -0.2) is 0 Å². The van der Waals surface area contributed by atoms with E-state index in [9.17, 15) is 0 Å². The molecule has 3 heteroatoms. The molecule has 1 aromatic heterocycles. The van der Waals surface area contributed by atoms with E-state index in [4.69, 9.17) is 4.42 Å². The fourth-order valence-electron chi connectivity index (χ4n) is 0.289. The minimum Gasteiger partial charge on any atom is -0.458 e. The molecule has 0 fully saturated rings. The number of halogens is 2. The number of hydrogen-bond acceptors (Lipinski definition) is 1. The van der Waals surface area contributed by atoms with Gasteiger partial charge in [0.1, 0.15) is 6.26 Å². The van der Waals surface area contributed by atoms with Crippen molar-refractivity contribution in [3.05, 3.63) is 19.7 Å². The van der Waals surface area contributed by atoms with Gasteiger partial charge in [-0.05, 0) is 45.2 Å².